The molecule has 0 aliphatic carbocycles. The van der Waals surface area contributed by atoms with Gasteiger partial charge in [-0.1, -0.05) is 0 Å². The van der Waals surface area contributed by atoms with Crippen molar-refractivity contribution in [2.45, 2.75) is 23.7 Å². The monoisotopic (exact) mass is 195 g/mol. The molecule has 7 heteroatoms. The van der Waals surface area contributed by atoms with Crippen LogP contribution in [0.5, 0.6) is 0 Å². The summed E-state index contributed by atoms with van der Waals surface area (Å²) in [5.41, 5.74) is 2.51. The molecule has 0 amide bonds. The average molecular weight is 195 g/mol. The van der Waals surface area contributed by atoms with Gasteiger partial charge in [0.2, 0.25) is 5.79 Å². The fourth-order valence-corrected chi connectivity index (χ4v) is 1.13. The molecule has 0 bridgehead atoms. The highest BCUT2D eigenvalue weighted by atomic mass is 16.7. The zero-order valence-corrected chi connectivity index (χ0v) is 6.79. The maximum atomic E-state index is 9.38. The zero-order chi connectivity index (χ0) is 10.3. The Kier molecular flexibility index (Phi) is 2.61. The highest BCUT2D eigenvalue weighted by Gasteiger charge is 2.58. The van der Waals surface area contributed by atoms with Gasteiger partial charge in [-0.05, 0) is 0 Å². The Morgan fingerprint density at radius 3 is 2.38 bits per heavy atom. The molecule has 7 N–H and O–H groups in total. The van der Waals surface area contributed by atoms with Crippen molar-refractivity contribution in [3.63, 3.8) is 0 Å². The van der Waals surface area contributed by atoms with E-state index in [0.717, 1.165) is 0 Å². The molecule has 1 aliphatic rings. The van der Waals surface area contributed by atoms with Gasteiger partial charge in [-0.2, -0.15) is 0 Å². The van der Waals surface area contributed by atoms with Gasteiger partial charge in [0.1, 0.15) is 18.8 Å². The predicted octanol–water partition coefficient (Wildman–Crippen LogP) is -3.93. The topological polar surface area (TPSA) is 136 Å². The molecule has 4 atom stereocenters. The number of ether oxygens (including phenoxy) is 1. The first kappa shape index (κ1) is 10.8. The number of rotatable bonds is 1. The molecular formula is C6H13NO6. The van der Waals surface area contributed by atoms with E-state index in [1.807, 2.05) is 0 Å². The van der Waals surface area contributed by atoms with Crippen LogP contribution in [0, 0.1) is 0 Å². The van der Waals surface area contributed by atoms with E-state index in [9.17, 15) is 15.3 Å². The Bertz CT molecular complexity index is 198. The smallest absolute Gasteiger partial charge is 0.235 e. The first-order chi connectivity index (χ1) is 5.85. The third kappa shape index (κ3) is 1.44. The van der Waals surface area contributed by atoms with Crippen LogP contribution in [0.25, 0.3) is 0 Å². The molecule has 0 aromatic carbocycles. The molecule has 1 rings (SSSR count). The lowest BCUT2D eigenvalue weighted by molar-refractivity contribution is -0.373. The third-order valence-corrected chi connectivity index (χ3v) is 2.15. The van der Waals surface area contributed by atoms with E-state index in [2.05, 4.69) is 4.74 Å². The summed E-state index contributed by atoms with van der Waals surface area (Å²) in [5, 5.41) is 45.7. The minimum absolute atomic E-state index is 0.419. The molecule has 78 valence electrons. The van der Waals surface area contributed by atoms with E-state index < -0.39 is 36.9 Å². The van der Waals surface area contributed by atoms with Gasteiger partial charge < -0.3 is 30.3 Å². The van der Waals surface area contributed by atoms with Crippen molar-refractivity contribution < 1.29 is 30.3 Å². The van der Waals surface area contributed by atoms with E-state index in [4.69, 9.17) is 15.9 Å². The van der Waals surface area contributed by atoms with Crippen LogP contribution in [0.15, 0.2) is 0 Å². The Morgan fingerprint density at radius 2 is 1.92 bits per heavy atom. The second-order valence-corrected chi connectivity index (χ2v) is 3.09. The summed E-state index contributed by atoms with van der Waals surface area (Å²) in [6.45, 7) is -1.40. The average Bonchev–Trinajstić information content (AvgIpc) is 2.09. The molecule has 7 nitrogen and oxygen atoms in total. The highest BCUT2D eigenvalue weighted by molar-refractivity contribution is 5.00. The lowest BCUT2D eigenvalue weighted by Gasteiger charge is -2.47. The van der Waals surface area contributed by atoms with Crippen molar-refractivity contribution in [3.05, 3.63) is 0 Å². The van der Waals surface area contributed by atoms with Crippen LogP contribution < -0.4 is 5.73 Å². The summed E-state index contributed by atoms with van der Waals surface area (Å²) in [6, 6.07) is 0. The summed E-state index contributed by atoms with van der Waals surface area (Å²) in [5.74, 6) is -2.45. The number of aliphatic hydroxyl groups is 5. The molecule has 13 heavy (non-hydrogen) atoms. The largest absolute Gasteiger partial charge is 0.391 e. The Hall–Kier alpha value is -0.280. The van der Waals surface area contributed by atoms with Crippen LogP contribution in [0.2, 0.25) is 0 Å². The van der Waals surface area contributed by atoms with E-state index in [1.54, 1.807) is 0 Å². The van der Waals surface area contributed by atoms with Gasteiger partial charge in [0.05, 0.1) is 6.61 Å². The van der Waals surface area contributed by atoms with Crippen LogP contribution in [0.3, 0.4) is 0 Å². The molecule has 1 aliphatic heterocycles. The fourth-order valence-electron chi connectivity index (χ4n) is 1.13. The first-order valence-corrected chi connectivity index (χ1v) is 3.70. The van der Waals surface area contributed by atoms with Crippen molar-refractivity contribution in [2.75, 3.05) is 13.2 Å². The number of hydrogen-bond donors (Lipinski definition) is 6. The number of nitrogens with two attached hydrogens (primary N) is 1. The van der Waals surface area contributed by atoms with Gasteiger partial charge in [-0.15, -0.1) is 0 Å². The second kappa shape index (κ2) is 3.14. The van der Waals surface area contributed by atoms with Gasteiger partial charge in [-0.3, -0.25) is 5.73 Å². The molecule has 1 fully saturated rings. The molecule has 1 saturated heterocycles. The van der Waals surface area contributed by atoms with Gasteiger partial charge >= 0.3 is 0 Å². The molecule has 0 unspecified atom stereocenters. The highest BCUT2D eigenvalue weighted by Crippen LogP contribution is 2.29. The van der Waals surface area contributed by atoms with Crippen LogP contribution >= 0.6 is 0 Å². The minimum atomic E-state index is -2.60. The molecule has 0 aromatic rings. The first-order valence-electron chi connectivity index (χ1n) is 3.70. The van der Waals surface area contributed by atoms with Crippen LogP contribution in [0.1, 0.15) is 0 Å². The van der Waals surface area contributed by atoms with Crippen LogP contribution in [-0.2, 0) is 4.74 Å². The SMILES string of the molecule is N[C@@]1(O)[C@H](O)[C@H](O)CO[C@@]1(O)CO. The zero-order valence-electron chi connectivity index (χ0n) is 6.79. The van der Waals surface area contributed by atoms with Crippen molar-refractivity contribution in [2.24, 2.45) is 5.73 Å². The Balaban J connectivity index is 2.92. The third-order valence-electron chi connectivity index (χ3n) is 2.15. The van der Waals surface area contributed by atoms with E-state index in [1.165, 1.54) is 0 Å². The normalized spacial score (nSPS) is 52.2. The number of hydrogen-bond acceptors (Lipinski definition) is 7. The summed E-state index contributed by atoms with van der Waals surface area (Å²) in [4.78, 5) is 0. The summed E-state index contributed by atoms with van der Waals surface area (Å²) in [6.07, 6.45) is -3.18. The van der Waals surface area contributed by atoms with Crippen molar-refractivity contribution in [1.82, 2.24) is 0 Å². The lowest BCUT2D eigenvalue weighted by atomic mass is 9.91. The summed E-state index contributed by atoms with van der Waals surface area (Å²) < 4.78 is 4.53. The maximum Gasteiger partial charge on any atom is 0.235 e. The lowest BCUT2D eigenvalue weighted by Crippen LogP contribution is -2.76. The predicted molar refractivity (Wildman–Crippen MR) is 39.1 cm³/mol. The molecule has 0 radical (unpaired) electrons. The van der Waals surface area contributed by atoms with Gasteiger partial charge in [0.25, 0.3) is 0 Å². The number of aliphatic hydroxyl groups excluding tert-OH is 3. The Morgan fingerprint density at radius 1 is 1.38 bits per heavy atom. The van der Waals surface area contributed by atoms with Crippen molar-refractivity contribution in [1.29, 1.82) is 0 Å². The molecular weight excluding hydrogens is 182 g/mol. The molecule has 0 aromatic heterocycles. The molecule has 0 saturated carbocycles. The van der Waals surface area contributed by atoms with E-state index >= 15 is 0 Å². The summed E-state index contributed by atoms with van der Waals surface area (Å²) in [7, 11) is 0. The van der Waals surface area contributed by atoms with Crippen molar-refractivity contribution >= 4 is 0 Å². The molecule has 0 spiro atoms. The molecule has 1 heterocycles. The van der Waals surface area contributed by atoms with Gasteiger partial charge in [-0.25, -0.2) is 0 Å². The van der Waals surface area contributed by atoms with Crippen molar-refractivity contribution in [3.8, 4) is 0 Å². The second-order valence-electron chi connectivity index (χ2n) is 3.09. The van der Waals surface area contributed by atoms with Gasteiger partial charge in [0.15, 0.2) is 5.72 Å². The van der Waals surface area contributed by atoms with Crippen LogP contribution in [-0.4, -0.2) is 62.5 Å². The van der Waals surface area contributed by atoms with E-state index in [0.29, 0.717) is 0 Å². The fraction of sp³-hybridized carbons (Fsp3) is 1.00. The Labute approximate surface area is 74.0 Å². The maximum absolute atomic E-state index is 9.38. The van der Waals surface area contributed by atoms with E-state index in [-0.39, 0.29) is 0 Å². The van der Waals surface area contributed by atoms with Gasteiger partial charge in [0, 0.05) is 0 Å². The minimum Gasteiger partial charge on any atom is -0.391 e. The van der Waals surface area contributed by atoms with Crippen LogP contribution in [0.4, 0.5) is 0 Å². The quantitative estimate of drug-likeness (QED) is 0.235. The summed E-state index contributed by atoms with van der Waals surface area (Å²) >= 11 is 0. The standard InChI is InChI=1S/C6H13NO6/c7-6(12)4(10)3(9)1-13-5(6,11)2-8/h3-4,8-12H,1-2,7H2/t3-,4-,5+,6-/m1/s1.